The molecule has 0 aromatic heterocycles. The van der Waals surface area contributed by atoms with Gasteiger partial charge >= 0.3 is 0 Å². The van der Waals surface area contributed by atoms with E-state index in [0.29, 0.717) is 6.42 Å². The van der Waals surface area contributed by atoms with Crippen LogP contribution in [0.1, 0.15) is 6.42 Å². The second-order valence-electron chi connectivity index (χ2n) is 2.11. The summed E-state index contributed by atoms with van der Waals surface area (Å²) in [6, 6.07) is 0. The van der Waals surface area contributed by atoms with Crippen LogP contribution in [-0.4, -0.2) is 29.8 Å². The van der Waals surface area contributed by atoms with Crippen LogP contribution in [0.15, 0.2) is 0 Å². The molecule has 0 radical (unpaired) electrons. The van der Waals surface area contributed by atoms with Crippen LogP contribution >= 0.6 is 0 Å². The van der Waals surface area contributed by atoms with Crippen molar-refractivity contribution in [3.63, 3.8) is 0 Å². The van der Waals surface area contributed by atoms with Gasteiger partial charge in [0.15, 0.2) is 0 Å². The van der Waals surface area contributed by atoms with Gasteiger partial charge in [-0.1, -0.05) is 0 Å². The highest BCUT2D eigenvalue weighted by molar-refractivity contribution is 5.79. The minimum absolute atomic E-state index is 0.230. The molecule has 52 valence electrons. The van der Waals surface area contributed by atoms with Crippen LogP contribution in [-0.2, 0) is 9.53 Å². The highest BCUT2D eigenvalue weighted by atomic mass is 16.5. The standard InChI is InChI=1S/C5H9NO3/c6-5(8)4-1-3(7)2-9-4/h3-4,7H,1-2H2,(H2,6,8)/t3-,4?/m1/s1. The van der Waals surface area contributed by atoms with E-state index in [2.05, 4.69) is 0 Å². The molecule has 1 fully saturated rings. The van der Waals surface area contributed by atoms with E-state index >= 15 is 0 Å². The molecule has 1 amide bonds. The molecule has 0 aromatic rings. The summed E-state index contributed by atoms with van der Waals surface area (Å²) in [6.07, 6.45) is -0.738. The number of primary amides is 1. The lowest BCUT2D eigenvalue weighted by atomic mass is 10.2. The number of carbonyl (C=O) groups excluding carboxylic acids is 1. The number of aliphatic hydroxyl groups is 1. The van der Waals surface area contributed by atoms with Crippen molar-refractivity contribution in [1.29, 1.82) is 0 Å². The Labute approximate surface area is 52.6 Å². The van der Waals surface area contributed by atoms with E-state index in [-0.39, 0.29) is 6.61 Å². The zero-order chi connectivity index (χ0) is 6.85. The third-order valence-electron chi connectivity index (χ3n) is 1.29. The minimum atomic E-state index is -0.569. The summed E-state index contributed by atoms with van der Waals surface area (Å²) in [4.78, 5) is 10.3. The number of ether oxygens (including phenoxy) is 1. The summed E-state index contributed by atoms with van der Waals surface area (Å²) < 4.78 is 4.80. The Hall–Kier alpha value is -0.610. The first-order valence-electron chi connectivity index (χ1n) is 2.79. The number of carbonyl (C=O) groups is 1. The zero-order valence-electron chi connectivity index (χ0n) is 4.91. The lowest BCUT2D eigenvalue weighted by Gasteiger charge is -2.00. The van der Waals surface area contributed by atoms with Crippen molar-refractivity contribution in [2.24, 2.45) is 5.73 Å². The first-order chi connectivity index (χ1) is 4.20. The molecule has 0 aliphatic carbocycles. The van der Waals surface area contributed by atoms with E-state index < -0.39 is 18.1 Å². The first-order valence-corrected chi connectivity index (χ1v) is 2.79. The van der Waals surface area contributed by atoms with Crippen molar-refractivity contribution in [3.05, 3.63) is 0 Å². The average molecular weight is 131 g/mol. The van der Waals surface area contributed by atoms with Crippen LogP contribution in [0.2, 0.25) is 0 Å². The molecule has 0 bridgehead atoms. The monoisotopic (exact) mass is 131 g/mol. The van der Waals surface area contributed by atoms with Crippen LogP contribution in [0, 0.1) is 0 Å². The average Bonchev–Trinajstić information content (AvgIpc) is 2.14. The van der Waals surface area contributed by atoms with Crippen molar-refractivity contribution < 1.29 is 14.6 Å². The molecule has 1 heterocycles. The van der Waals surface area contributed by atoms with Gasteiger partial charge in [-0.2, -0.15) is 0 Å². The molecule has 1 aliphatic heterocycles. The molecular weight excluding hydrogens is 122 g/mol. The maximum atomic E-state index is 10.3. The van der Waals surface area contributed by atoms with Gasteiger partial charge in [0.2, 0.25) is 5.91 Å². The molecule has 1 aliphatic rings. The minimum Gasteiger partial charge on any atom is -0.391 e. The highest BCUT2D eigenvalue weighted by Crippen LogP contribution is 2.11. The molecule has 0 saturated carbocycles. The van der Waals surface area contributed by atoms with Crippen molar-refractivity contribution in [2.75, 3.05) is 6.61 Å². The summed E-state index contributed by atoms with van der Waals surface area (Å²) in [5.74, 6) is -0.494. The Morgan fingerprint density at radius 1 is 1.78 bits per heavy atom. The number of aliphatic hydroxyl groups excluding tert-OH is 1. The van der Waals surface area contributed by atoms with Gasteiger partial charge in [0.05, 0.1) is 12.7 Å². The summed E-state index contributed by atoms with van der Waals surface area (Å²) in [6.45, 7) is 0.230. The van der Waals surface area contributed by atoms with Crippen molar-refractivity contribution in [3.8, 4) is 0 Å². The van der Waals surface area contributed by atoms with E-state index in [4.69, 9.17) is 15.6 Å². The van der Waals surface area contributed by atoms with Crippen molar-refractivity contribution in [1.82, 2.24) is 0 Å². The quantitative estimate of drug-likeness (QED) is 0.460. The third kappa shape index (κ3) is 1.40. The van der Waals surface area contributed by atoms with E-state index in [1.54, 1.807) is 0 Å². The lowest BCUT2D eigenvalue weighted by molar-refractivity contribution is -0.126. The number of hydrogen-bond donors (Lipinski definition) is 2. The fourth-order valence-corrected chi connectivity index (χ4v) is 0.809. The Balaban J connectivity index is 2.39. The zero-order valence-corrected chi connectivity index (χ0v) is 4.91. The van der Waals surface area contributed by atoms with Gasteiger partial charge < -0.3 is 15.6 Å². The molecule has 0 spiro atoms. The molecule has 2 atom stereocenters. The van der Waals surface area contributed by atoms with Gasteiger partial charge in [-0.25, -0.2) is 0 Å². The van der Waals surface area contributed by atoms with E-state index in [1.165, 1.54) is 0 Å². The lowest BCUT2D eigenvalue weighted by Crippen LogP contribution is -2.27. The SMILES string of the molecule is NC(=O)C1C[C@@H](O)CO1. The Bertz CT molecular complexity index is 125. The number of rotatable bonds is 1. The largest absolute Gasteiger partial charge is 0.391 e. The molecular formula is C5H9NO3. The summed E-state index contributed by atoms with van der Waals surface area (Å²) in [7, 11) is 0. The second kappa shape index (κ2) is 2.33. The maximum Gasteiger partial charge on any atom is 0.246 e. The molecule has 4 nitrogen and oxygen atoms in total. The fraction of sp³-hybridized carbons (Fsp3) is 0.800. The van der Waals surface area contributed by atoms with Gasteiger partial charge in [-0.3, -0.25) is 4.79 Å². The Morgan fingerprint density at radius 3 is 2.67 bits per heavy atom. The summed E-state index contributed by atoms with van der Waals surface area (Å²) in [5, 5.41) is 8.82. The number of hydrogen-bond acceptors (Lipinski definition) is 3. The molecule has 1 unspecified atom stereocenters. The van der Waals surface area contributed by atoms with Crippen LogP contribution in [0.3, 0.4) is 0 Å². The Morgan fingerprint density at radius 2 is 2.44 bits per heavy atom. The summed E-state index contributed by atoms with van der Waals surface area (Å²) in [5.41, 5.74) is 4.88. The Kier molecular flexibility index (Phi) is 1.68. The predicted octanol–water partition coefficient (Wildman–Crippen LogP) is -1.38. The predicted molar refractivity (Wildman–Crippen MR) is 29.6 cm³/mol. The second-order valence-corrected chi connectivity index (χ2v) is 2.11. The van der Waals surface area contributed by atoms with Crippen LogP contribution < -0.4 is 5.73 Å². The molecule has 9 heavy (non-hydrogen) atoms. The van der Waals surface area contributed by atoms with Crippen LogP contribution in [0.5, 0.6) is 0 Å². The third-order valence-corrected chi connectivity index (χ3v) is 1.29. The van der Waals surface area contributed by atoms with Gasteiger partial charge in [0.25, 0.3) is 0 Å². The number of amides is 1. The molecule has 3 N–H and O–H groups in total. The molecule has 4 heteroatoms. The van der Waals surface area contributed by atoms with Crippen molar-refractivity contribution >= 4 is 5.91 Å². The van der Waals surface area contributed by atoms with E-state index in [9.17, 15) is 4.79 Å². The first kappa shape index (κ1) is 6.51. The topological polar surface area (TPSA) is 72.6 Å². The summed E-state index contributed by atoms with van der Waals surface area (Å²) >= 11 is 0. The molecule has 0 aromatic carbocycles. The van der Waals surface area contributed by atoms with Gasteiger partial charge in [0.1, 0.15) is 6.10 Å². The molecule has 1 saturated heterocycles. The van der Waals surface area contributed by atoms with Crippen molar-refractivity contribution in [2.45, 2.75) is 18.6 Å². The molecule has 1 rings (SSSR count). The normalized spacial score (nSPS) is 34.8. The smallest absolute Gasteiger partial charge is 0.246 e. The maximum absolute atomic E-state index is 10.3. The highest BCUT2D eigenvalue weighted by Gasteiger charge is 2.27. The van der Waals surface area contributed by atoms with Gasteiger partial charge in [-0.15, -0.1) is 0 Å². The van der Waals surface area contributed by atoms with Gasteiger partial charge in [-0.05, 0) is 0 Å². The fourth-order valence-electron chi connectivity index (χ4n) is 0.809. The van der Waals surface area contributed by atoms with E-state index in [1.807, 2.05) is 0 Å². The van der Waals surface area contributed by atoms with Crippen LogP contribution in [0.4, 0.5) is 0 Å². The number of nitrogens with two attached hydrogens (primary N) is 1. The van der Waals surface area contributed by atoms with E-state index in [0.717, 1.165) is 0 Å². The van der Waals surface area contributed by atoms with Gasteiger partial charge in [0, 0.05) is 6.42 Å². The van der Waals surface area contributed by atoms with Crippen LogP contribution in [0.25, 0.3) is 0 Å².